The zero-order chi connectivity index (χ0) is 47.1. The van der Waals surface area contributed by atoms with Gasteiger partial charge in [-0.05, 0) is 67.3 Å². The third-order valence-electron chi connectivity index (χ3n) is 8.62. The van der Waals surface area contributed by atoms with Crippen LogP contribution in [-0.4, -0.2) is 77.0 Å². The number of halogens is 6. The van der Waals surface area contributed by atoms with E-state index in [2.05, 4.69) is 15.3 Å². The number of amides is 2. The second-order valence-corrected chi connectivity index (χ2v) is 16.2. The van der Waals surface area contributed by atoms with Crippen molar-refractivity contribution in [2.45, 2.75) is 45.8 Å². The number of sulfonamides is 1. The van der Waals surface area contributed by atoms with Crippen LogP contribution in [-0.2, 0) is 27.4 Å². The highest BCUT2D eigenvalue weighted by molar-refractivity contribution is 7.89. The second-order valence-electron chi connectivity index (χ2n) is 13.2. The minimum absolute atomic E-state index is 0.00167. The second kappa shape index (κ2) is 20.2. The molecule has 0 radical (unpaired) electrons. The highest BCUT2D eigenvalue weighted by Gasteiger charge is 2.43. The van der Waals surface area contributed by atoms with Gasteiger partial charge in [-0.25, -0.2) is 27.7 Å². The summed E-state index contributed by atoms with van der Waals surface area (Å²) in [6.45, 7) is 7.46. The Morgan fingerprint density at radius 3 is 2.08 bits per heavy atom. The maximum absolute atomic E-state index is 12.7. The lowest BCUT2D eigenvalue weighted by molar-refractivity contribution is -0.385. The first-order chi connectivity index (χ1) is 28.6. The van der Waals surface area contributed by atoms with Crippen LogP contribution in [0.5, 0.6) is 17.2 Å². The van der Waals surface area contributed by atoms with E-state index in [4.69, 9.17) is 49.4 Å². The van der Waals surface area contributed by atoms with E-state index >= 15 is 0 Å². The molecule has 4 aromatic rings. The van der Waals surface area contributed by atoms with Gasteiger partial charge < -0.3 is 25.0 Å². The number of carboxylic acid groups (broad SMARTS) is 2. The van der Waals surface area contributed by atoms with Gasteiger partial charge >= 0.3 is 18.1 Å². The Morgan fingerprint density at radius 2 is 1.61 bits per heavy atom. The Balaban J connectivity index is 0.000000265. The average Bonchev–Trinajstić information content (AvgIpc) is 3.49. The van der Waals surface area contributed by atoms with E-state index in [1.165, 1.54) is 19.2 Å². The number of rotatable bonds is 11. The van der Waals surface area contributed by atoms with Crippen molar-refractivity contribution in [3.05, 3.63) is 119 Å². The van der Waals surface area contributed by atoms with Gasteiger partial charge in [0.15, 0.2) is 11.6 Å². The van der Waals surface area contributed by atoms with Crippen LogP contribution in [0.1, 0.15) is 75.6 Å². The van der Waals surface area contributed by atoms with Crippen LogP contribution in [0.3, 0.4) is 0 Å². The quantitative estimate of drug-likeness (QED) is 0.0820. The maximum atomic E-state index is 12.7. The number of alkyl halides is 3. The van der Waals surface area contributed by atoms with Gasteiger partial charge in [0.2, 0.25) is 10.0 Å². The molecule has 4 N–H and O–H groups in total. The summed E-state index contributed by atoms with van der Waals surface area (Å²) in [6.07, 6.45) is -1.64. The Hall–Kier alpha value is -6.03. The summed E-state index contributed by atoms with van der Waals surface area (Å²) in [7, 11) is -2.66. The molecule has 1 unspecified atom stereocenters. The molecule has 62 heavy (non-hydrogen) atoms. The smallest absolute Gasteiger partial charge is 0.416 e. The molecule has 2 heterocycles. The van der Waals surface area contributed by atoms with Crippen LogP contribution >= 0.6 is 34.8 Å². The number of nitrogens with one attached hydrogen (secondary N) is 2. The van der Waals surface area contributed by atoms with Crippen molar-refractivity contribution in [2.24, 2.45) is 10.9 Å². The Morgan fingerprint density at radius 1 is 0.984 bits per heavy atom. The van der Waals surface area contributed by atoms with Crippen molar-refractivity contribution in [1.82, 2.24) is 15.0 Å². The summed E-state index contributed by atoms with van der Waals surface area (Å²) in [5, 5.41) is 31.8. The number of nitro groups is 1. The monoisotopic (exact) mass is 947 g/mol. The number of methoxy groups -OCH3 is 1. The normalized spacial score (nSPS) is 14.6. The molecule has 0 spiro atoms. The van der Waals surface area contributed by atoms with E-state index in [0.29, 0.717) is 24.8 Å². The zero-order valence-electron chi connectivity index (χ0n) is 33.1. The number of carboxylic acids is 2. The van der Waals surface area contributed by atoms with Crippen LogP contribution < -0.4 is 19.5 Å². The van der Waals surface area contributed by atoms with E-state index in [0.717, 1.165) is 29.8 Å². The first-order valence-electron chi connectivity index (χ1n) is 17.4. The number of benzene rings is 3. The standard InChI is InChI=1S/C15H10ClF3N2O6S.C15H19N3O3.C8H6Cl2O3/c1-28(25,26)20-14(22)10-7-9(3-4-12(10)21(23)24)27-13-5-2-8(6-11(13)16)15(17,18)19;1-5-9-6-10(13(19)20)11(16-7-9)12-17-14(21)15(4,18-12)8(2)3;1-13-7-5(10)3-2-4(9)6(7)8(11)12/h2-7H,1H3,(H,20,22);6-8H,5H2,1-4H3,(H,19,20)(H,17,18,21);2-3H,1H3,(H,11,12). The molecule has 5 rings (SSSR count). The van der Waals surface area contributed by atoms with Crippen molar-refractivity contribution in [3.8, 4) is 17.2 Å². The fourth-order valence-electron chi connectivity index (χ4n) is 5.06. The van der Waals surface area contributed by atoms with Gasteiger partial charge in [0.05, 0.1) is 44.5 Å². The largest absolute Gasteiger partial charge is 0.494 e. The van der Waals surface area contributed by atoms with Gasteiger partial charge in [0.1, 0.15) is 33.9 Å². The highest BCUT2D eigenvalue weighted by atomic mass is 35.5. The predicted molar refractivity (Wildman–Crippen MR) is 220 cm³/mol. The fourth-order valence-corrected chi connectivity index (χ4v) is 6.19. The van der Waals surface area contributed by atoms with Gasteiger partial charge in [-0.15, -0.1) is 0 Å². The number of aryl methyl sites for hydroxylation is 1. The van der Waals surface area contributed by atoms with E-state index < -0.39 is 66.3 Å². The number of aromatic carboxylic acids is 2. The molecule has 1 aromatic heterocycles. The lowest BCUT2D eigenvalue weighted by atomic mass is 9.89. The summed E-state index contributed by atoms with van der Waals surface area (Å²) in [6, 6.07) is 9.56. The maximum Gasteiger partial charge on any atom is 0.416 e. The zero-order valence-corrected chi connectivity index (χ0v) is 36.1. The molecule has 1 atom stereocenters. The molecule has 24 heteroatoms. The van der Waals surface area contributed by atoms with Crippen molar-refractivity contribution in [1.29, 1.82) is 0 Å². The summed E-state index contributed by atoms with van der Waals surface area (Å²) in [5.41, 5.74) is -2.26. The molecule has 1 aliphatic heterocycles. The van der Waals surface area contributed by atoms with Crippen molar-refractivity contribution in [2.75, 3.05) is 13.4 Å². The minimum atomic E-state index is -4.62. The molecule has 17 nitrogen and oxygen atoms in total. The SMILES string of the molecule is CCc1cnc(C2=NC(C)(C(C)C)C(=O)N2)c(C(=O)O)c1.COc1c(Cl)ccc(Cl)c1C(=O)O.CS(=O)(=O)NC(=O)c1cc(Oc2ccc(C(F)(F)F)cc2Cl)ccc1[N+](=O)[O-]. The molecule has 0 aliphatic carbocycles. The first-order valence-corrected chi connectivity index (χ1v) is 20.4. The number of amidine groups is 1. The summed E-state index contributed by atoms with van der Waals surface area (Å²) < 4.78 is 72.1. The summed E-state index contributed by atoms with van der Waals surface area (Å²) in [5.74, 6) is -3.84. The van der Waals surface area contributed by atoms with Crippen molar-refractivity contribution < 1.29 is 65.4 Å². The number of hydrogen-bond donors (Lipinski definition) is 4. The molecular weight excluding hydrogens is 914 g/mol. The molecule has 0 fully saturated rings. The van der Waals surface area contributed by atoms with Gasteiger partial charge in [-0.1, -0.05) is 55.6 Å². The van der Waals surface area contributed by atoms with E-state index in [1.54, 1.807) is 23.9 Å². The third-order valence-corrected chi connectivity index (χ3v) is 10.1. The molecule has 1 aliphatic rings. The predicted octanol–water partition coefficient (Wildman–Crippen LogP) is 8.08. The van der Waals surface area contributed by atoms with Crippen LogP contribution in [0.2, 0.25) is 15.1 Å². The number of nitrogens with zero attached hydrogens (tertiary/aromatic N) is 3. The highest BCUT2D eigenvalue weighted by Crippen LogP contribution is 2.38. The summed E-state index contributed by atoms with van der Waals surface area (Å²) >= 11 is 17.1. The number of aromatic nitrogens is 1. The van der Waals surface area contributed by atoms with Gasteiger partial charge in [-0.2, -0.15) is 13.2 Å². The van der Waals surface area contributed by atoms with Crippen LogP contribution in [0.25, 0.3) is 0 Å². The molecule has 0 bridgehead atoms. The molecule has 2 amide bonds. The molecular formula is C38H35Cl3F3N5O12S. The van der Waals surface area contributed by atoms with Crippen LogP contribution in [0.4, 0.5) is 18.9 Å². The molecule has 3 aromatic carbocycles. The number of hydrogen-bond acceptors (Lipinski definition) is 12. The van der Waals surface area contributed by atoms with Crippen LogP contribution in [0.15, 0.2) is 65.8 Å². The minimum Gasteiger partial charge on any atom is -0.494 e. The number of aliphatic imine (C=N–C) groups is 1. The number of carbonyl (C=O) groups is 4. The van der Waals surface area contributed by atoms with E-state index in [1.807, 2.05) is 20.8 Å². The van der Waals surface area contributed by atoms with Crippen LogP contribution in [0, 0.1) is 16.0 Å². The number of pyridine rings is 1. The number of carbonyl (C=O) groups excluding carboxylic acids is 2. The Bertz CT molecular complexity index is 2580. The number of ether oxygens (including phenoxy) is 2. The first kappa shape index (κ1) is 50.3. The number of nitro benzene ring substituents is 1. The third kappa shape index (κ3) is 12.5. The fraction of sp³-hybridized carbons (Fsp3) is 0.263. The molecule has 0 saturated carbocycles. The van der Waals surface area contributed by atoms with E-state index in [9.17, 15) is 56.0 Å². The van der Waals surface area contributed by atoms with Crippen molar-refractivity contribution in [3.63, 3.8) is 0 Å². The van der Waals surface area contributed by atoms with E-state index in [-0.39, 0.29) is 61.8 Å². The van der Waals surface area contributed by atoms with Gasteiger partial charge in [0.25, 0.3) is 17.5 Å². The lowest BCUT2D eigenvalue weighted by Gasteiger charge is -2.21. The lowest BCUT2D eigenvalue weighted by Crippen LogP contribution is -2.41. The molecule has 332 valence electrons. The Labute approximate surface area is 366 Å². The van der Waals surface area contributed by atoms with Crippen molar-refractivity contribution >= 4 is 80.1 Å². The molecule has 0 saturated heterocycles. The summed E-state index contributed by atoms with van der Waals surface area (Å²) in [4.78, 5) is 65.0. The topological polar surface area (TPSA) is 254 Å². The average molecular weight is 949 g/mol. The van der Waals surface area contributed by atoms with Gasteiger partial charge in [-0.3, -0.25) is 24.7 Å². The van der Waals surface area contributed by atoms with Gasteiger partial charge in [0, 0.05) is 18.3 Å². The Kier molecular flexibility index (Phi) is 16.4.